The summed E-state index contributed by atoms with van der Waals surface area (Å²) < 4.78 is 0. The summed E-state index contributed by atoms with van der Waals surface area (Å²) in [4.78, 5) is 16.7. The summed E-state index contributed by atoms with van der Waals surface area (Å²) >= 11 is 5.94. The lowest BCUT2D eigenvalue weighted by atomic mass is 10.1. The number of aromatic amines is 1. The first-order valence-electron chi connectivity index (χ1n) is 9.00. The first kappa shape index (κ1) is 18.1. The zero-order chi connectivity index (χ0) is 19.5. The van der Waals surface area contributed by atoms with E-state index in [9.17, 15) is 4.79 Å². The number of nitrogens with one attached hydrogen (secondary N) is 1. The van der Waals surface area contributed by atoms with Crippen LogP contribution >= 0.6 is 11.6 Å². The number of aromatic nitrogens is 2. The molecule has 7 heteroatoms. The molecule has 1 N–H and O–H groups in total. The fourth-order valence-electron chi connectivity index (χ4n) is 3.26. The van der Waals surface area contributed by atoms with Gasteiger partial charge in [-0.2, -0.15) is 10.4 Å². The normalized spacial score (nSPS) is 14.0. The third-order valence-electron chi connectivity index (χ3n) is 4.87. The van der Waals surface area contributed by atoms with E-state index >= 15 is 0 Å². The summed E-state index contributed by atoms with van der Waals surface area (Å²) in [7, 11) is 0. The fourth-order valence-corrected chi connectivity index (χ4v) is 3.39. The summed E-state index contributed by atoms with van der Waals surface area (Å²) in [6, 6.07) is 18.4. The average molecular weight is 392 g/mol. The molecule has 0 atom stereocenters. The minimum atomic E-state index is -0.00646. The van der Waals surface area contributed by atoms with Gasteiger partial charge in [0.05, 0.1) is 17.3 Å². The highest BCUT2D eigenvalue weighted by Crippen LogP contribution is 2.24. The predicted molar refractivity (Wildman–Crippen MR) is 108 cm³/mol. The van der Waals surface area contributed by atoms with E-state index in [0.29, 0.717) is 42.3 Å². The number of carbonyl (C=O) groups is 1. The van der Waals surface area contributed by atoms with Crippen molar-refractivity contribution in [3.63, 3.8) is 0 Å². The van der Waals surface area contributed by atoms with Crippen LogP contribution in [0.4, 0.5) is 5.82 Å². The highest BCUT2D eigenvalue weighted by molar-refractivity contribution is 6.30. The van der Waals surface area contributed by atoms with Gasteiger partial charge in [-0.05, 0) is 42.0 Å². The maximum Gasteiger partial charge on any atom is 0.253 e. The summed E-state index contributed by atoms with van der Waals surface area (Å²) in [5.41, 5.74) is 3.12. The zero-order valence-electron chi connectivity index (χ0n) is 15.1. The first-order valence-corrected chi connectivity index (χ1v) is 9.37. The molecule has 2 heterocycles. The smallest absolute Gasteiger partial charge is 0.253 e. The van der Waals surface area contributed by atoms with Crippen LogP contribution in [0.15, 0.2) is 54.6 Å². The van der Waals surface area contributed by atoms with Gasteiger partial charge in [0, 0.05) is 42.8 Å². The molecular formula is C21H18ClN5O. The van der Waals surface area contributed by atoms with Gasteiger partial charge in [0.15, 0.2) is 5.82 Å². The van der Waals surface area contributed by atoms with Crippen molar-refractivity contribution < 1.29 is 4.79 Å². The molecule has 0 aliphatic carbocycles. The molecule has 3 aromatic rings. The van der Waals surface area contributed by atoms with Gasteiger partial charge in [-0.25, -0.2) is 0 Å². The number of halogens is 1. The monoisotopic (exact) mass is 391 g/mol. The third-order valence-corrected chi connectivity index (χ3v) is 5.12. The summed E-state index contributed by atoms with van der Waals surface area (Å²) in [6.07, 6.45) is 0. The van der Waals surface area contributed by atoms with Crippen molar-refractivity contribution in [1.29, 1.82) is 5.26 Å². The Kier molecular flexibility index (Phi) is 5.00. The SMILES string of the molecule is N#Cc1ccc(C(=O)N2CCN(c3cc(-c4ccc(Cl)cc4)[nH]n3)CC2)cc1. The van der Waals surface area contributed by atoms with Gasteiger partial charge in [-0.15, -0.1) is 0 Å². The van der Waals surface area contributed by atoms with Crippen molar-refractivity contribution in [2.24, 2.45) is 0 Å². The van der Waals surface area contributed by atoms with Crippen LogP contribution < -0.4 is 4.90 Å². The molecule has 140 valence electrons. The lowest BCUT2D eigenvalue weighted by molar-refractivity contribution is 0.0746. The number of amides is 1. The highest BCUT2D eigenvalue weighted by Gasteiger charge is 2.23. The van der Waals surface area contributed by atoms with E-state index in [1.165, 1.54) is 0 Å². The van der Waals surface area contributed by atoms with Gasteiger partial charge in [-0.3, -0.25) is 9.89 Å². The van der Waals surface area contributed by atoms with Crippen LogP contribution in [0.25, 0.3) is 11.3 Å². The Hall–Kier alpha value is -3.30. The van der Waals surface area contributed by atoms with Gasteiger partial charge >= 0.3 is 0 Å². The molecule has 1 saturated heterocycles. The van der Waals surface area contributed by atoms with E-state index in [-0.39, 0.29) is 5.91 Å². The number of H-pyrrole nitrogens is 1. The lowest BCUT2D eigenvalue weighted by Crippen LogP contribution is -2.48. The molecule has 28 heavy (non-hydrogen) atoms. The summed E-state index contributed by atoms with van der Waals surface area (Å²) in [5, 5.41) is 17.1. The highest BCUT2D eigenvalue weighted by atomic mass is 35.5. The fraction of sp³-hybridized carbons (Fsp3) is 0.190. The second-order valence-corrected chi connectivity index (χ2v) is 7.05. The van der Waals surface area contributed by atoms with Crippen LogP contribution in [0, 0.1) is 11.3 Å². The average Bonchev–Trinajstić information content (AvgIpc) is 3.24. The van der Waals surface area contributed by atoms with Gasteiger partial charge in [0.2, 0.25) is 0 Å². The molecule has 0 unspecified atom stereocenters. The summed E-state index contributed by atoms with van der Waals surface area (Å²) in [5.74, 6) is 0.864. The molecule has 1 aromatic heterocycles. The Morgan fingerprint density at radius 2 is 1.71 bits per heavy atom. The largest absolute Gasteiger partial charge is 0.352 e. The molecule has 0 bridgehead atoms. The van der Waals surface area contributed by atoms with Gasteiger partial charge < -0.3 is 9.80 Å². The van der Waals surface area contributed by atoms with Gasteiger partial charge in [-0.1, -0.05) is 23.7 Å². The number of nitriles is 1. The van der Waals surface area contributed by atoms with Crippen molar-refractivity contribution in [2.45, 2.75) is 0 Å². The Morgan fingerprint density at radius 3 is 2.36 bits per heavy atom. The van der Waals surface area contributed by atoms with E-state index in [4.69, 9.17) is 16.9 Å². The lowest BCUT2D eigenvalue weighted by Gasteiger charge is -2.34. The number of piperazine rings is 1. The second-order valence-electron chi connectivity index (χ2n) is 6.62. The molecule has 1 amide bonds. The molecule has 2 aromatic carbocycles. The quantitative estimate of drug-likeness (QED) is 0.740. The molecule has 0 radical (unpaired) electrons. The minimum Gasteiger partial charge on any atom is -0.352 e. The molecule has 0 saturated carbocycles. The molecular weight excluding hydrogens is 374 g/mol. The third kappa shape index (κ3) is 3.71. The van der Waals surface area contributed by atoms with Crippen LogP contribution in [-0.4, -0.2) is 47.2 Å². The van der Waals surface area contributed by atoms with Crippen molar-refractivity contribution >= 4 is 23.3 Å². The van der Waals surface area contributed by atoms with Crippen molar-refractivity contribution in [1.82, 2.24) is 15.1 Å². The Bertz CT molecular complexity index is 1010. The molecule has 4 rings (SSSR count). The van der Waals surface area contributed by atoms with E-state index < -0.39 is 0 Å². The van der Waals surface area contributed by atoms with Gasteiger partial charge in [0.25, 0.3) is 5.91 Å². The first-order chi connectivity index (χ1) is 13.6. The zero-order valence-corrected chi connectivity index (χ0v) is 15.9. The van der Waals surface area contributed by atoms with Crippen LogP contribution in [0.5, 0.6) is 0 Å². The topological polar surface area (TPSA) is 76.0 Å². The second kappa shape index (κ2) is 7.75. The number of nitrogens with zero attached hydrogens (tertiary/aromatic N) is 4. The molecule has 1 aliphatic rings. The summed E-state index contributed by atoms with van der Waals surface area (Å²) in [6.45, 7) is 2.68. The van der Waals surface area contributed by atoms with Crippen LogP contribution in [0.2, 0.25) is 5.02 Å². The van der Waals surface area contributed by atoms with Crippen molar-refractivity contribution in [3.05, 3.63) is 70.7 Å². The van der Waals surface area contributed by atoms with Crippen LogP contribution in [-0.2, 0) is 0 Å². The Morgan fingerprint density at radius 1 is 1.04 bits per heavy atom. The van der Waals surface area contributed by atoms with Crippen molar-refractivity contribution in [2.75, 3.05) is 31.1 Å². The number of anilines is 1. The molecule has 1 aliphatic heterocycles. The maximum absolute atomic E-state index is 12.7. The number of hydrogen-bond acceptors (Lipinski definition) is 4. The maximum atomic E-state index is 12.7. The number of rotatable bonds is 3. The number of hydrogen-bond donors (Lipinski definition) is 1. The Labute approximate surface area is 168 Å². The van der Waals surface area contributed by atoms with Crippen LogP contribution in [0.1, 0.15) is 15.9 Å². The number of benzene rings is 2. The standard InChI is InChI=1S/C21H18ClN5O/c22-18-7-5-16(6-8-18)19-13-20(25-24-19)26-9-11-27(12-10-26)21(28)17-3-1-15(14-23)2-4-17/h1-8,13H,9-12H2,(H,24,25). The van der Waals surface area contributed by atoms with E-state index in [1.54, 1.807) is 24.3 Å². The van der Waals surface area contributed by atoms with Crippen LogP contribution in [0.3, 0.4) is 0 Å². The molecule has 6 nitrogen and oxygen atoms in total. The van der Waals surface area contributed by atoms with E-state index in [0.717, 1.165) is 17.1 Å². The predicted octanol–water partition coefficient (Wildman–Crippen LogP) is 3.56. The van der Waals surface area contributed by atoms with Crippen molar-refractivity contribution in [3.8, 4) is 17.3 Å². The molecule has 0 spiro atoms. The minimum absolute atomic E-state index is 0.00646. The molecule has 1 fully saturated rings. The van der Waals surface area contributed by atoms with E-state index in [2.05, 4.69) is 21.2 Å². The Balaban J connectivity index is 1.39. The van der Waals surface area contributed by atoms with Gasteiger partial charge in [0.1, 0.15) is 0 Å². The number of carbonyl (C=O) groups excluding carboxylic acids is 1. The van der Waals surface area contributed by atoms with E-state index in [1.807, 2.05) is 35.2 Å².